The van der Waals surface area contributed by atoms with Crippen molar-refractivity contribution in [2.45, 2.75) is 0 Å². The molecule has 1 aromatic rings. The maximum Gasteiger partial charge on any atom is 0.239 e. The zero-order chi connectivity index (χ0) is 14.3. The highest BCUT2D eigenvalue weighted by molar-refractivity contribution is 7.92. The first-order chi connectivity index (χ1) is 8.96. The highest BCUT2D eigenvalue weighted by Gasteiger charge is 2.16. The highest BCUT2D eigenvalue weighted by Crippen LogP contribution is 2.14. The van der Waals surface area contributed by atoms with Crippen LogP contribution in [0.25, 0.3) is 0 Å². The summed E-state index contributed by atoms with van der Waals surface area (Å²) < 4.78 is 32.7. The lowest BCUT2D eigenvalue weighted by Gasteiger charge is -2.07. The van der Waals surface area contributed by atoms with E-state index in [0.717, 1.165) is 0 Å². The normalized spacial score (nSPS) is 11.1. The third-order valence-corrected chi connectivity index (χ3v) is 3.81. The first-order valence-electron chi connectivity index (χ1n) is 5.60. The molecule has 1 N–H and O–H groups in total. The maximum absolute atomic E-state index is 11.6. The standard InChI is InChI=1S/C12H17NO5S/c1-17-7-8-19(15,16)9-12(14)13-10-3-5-11(18-2)6-4-10/h3-6H,7-9H2,1-2H3,(H,13,14). The number of benzene rings is 1. The Bertz CT molecular complexity index is 509. The Kier molecular flexibility index (Phi) is 5.78. The molecule has 0 spiro atoms. The Hall–Kier alpha value is -1.60. The molecule has 106 valence electrons. The number of anilines is 1. The van der Waals surface area contributed by atoms with Crippen molar-refractivity contribution in [2.75, 3.05) is 37.6 Å². The molecule has 0 aliphatic rings. The van der Waals surface area contributed by atoms with Crippen LogP contribution in [0.15, 0.2) is 24.3 Å². The molecule has 0 heterocycles. The molecule has 0 atom stereocenters. The second-order valence-electron chi connectivity index (χ2n) is 3.86. The number of amides is 1. The fraction of sp³-hybridized carbons (Fsp3) is 0.417. The second kappa shape index (κ2) is 7.10. The fourth-order valence-corrected chi connectivity index (χ4v) is 2.39. The molecule has 0 aliphatic carbocycles. The van der Waals surface area contributed by atoms with Gasteiger partial charge in [-0.3, -0.25) is 4.79 Å². The van der Waals surface area contributed by atoms with Gasteiger partial charge in [-0.2, -0.15) is 0 Å². The summed E-state index contributed by atoms with van der Waals surface area (Å²) in [5.41, 5.74) is 0.521. The molecule has 0 saturated heterocycles. The summed E-state index contributed by atoms with van der Waals surface area (Å²) in [4.78, 5) is 11.6. The van der Waals surface area contributed by atoms with Gasteiger partial charge in [0.05, 0.1) is 19.5 Å². The average Bonchev–Trinajstić information content (AvgIpc) is 2.36. The Morgan fingerprint density at radius 2 is 1.84 bits per heavy atom. The molecular formula is C12H17NO5S. The lowest BCUT2D eigenvalue weighted by atomic mass is 10.3. The van der Waals surface area contributed by atoms with Crippen LogP contribution in [0.1, 0.15) is 0 Å². The van der Waals surface area contributed by atoms with Crippen LogP contribution in [-0.2, 0) is 19.4 Å². The van der Waals surface area contributed by atoms with Crippen LogP contribution < -0.4 is 10.1 Å². The molecule has 0 saturated carbocycles. The van der Waals surface area contributed by atoms with Crippen LogP contribution >= 0.6 is 0 Å². The molecule has 1 rings (SSSR count). The first kappa shape index (κ1) is 15.5. The van der Waals surface area contributed by atoms with Gasteiger partial charge in [-0.05, 0) is 24.3 Å². The van der Waals surface area contributed by atoms with Gasteiger partial charge in [0, 0.05) is 12.8 Å². The van der Waals surface area contributed by atoms with Crippen molar-refractivity contribution in [3.63, 3.8) is 0 Å². The van der Waals surface area contributed by atoms with Crippen LogP contribution in [0.5, 0.6) is 5.75 Å². The topological polar surface area (TPSA) is 81.7 Å². The summed E-state index contributed by atoms with van der Waals surface area (Å²) in [5, 5.41) is 2.51. The lowest BCUT2D eigenvalue weighted by Crippen LogP contribution is -2.26. The van der Waals surface area contributed by atoms with E-state index in [0.29, 0.717) is 11.4 Å². The SMILES string of the molecule is COCCS(=O)(=O)CC(=O)Nc1ccc(OC)cc1. The average molecular weight is 287 g/mol. The number of carbonyl (C=O) groups excluding carboxylic acids is 1. The van der Waals surface area contributed by atoms with E-state index in [-0.39, 0.29) is 12.4 Å². The van der Waals surface area contributed by atoms with Gasteiger partial charge in [-0.25, -0.2) is 8.42 Å². The minimum absolute atomic E-state index is 0.0815. The van der Waals surface area contributed by atoms with Crippen LogP contribution in [0.2, 0.25) is 0 Å². The van der Waals surface area contributed by atoms with E-state index in [9.17, 15) is 13.2 Å². The van der Waals surface area contributed by atoms with Crippen LogP contribution in [0.4, 0.5) is 5.69 Å². The number of carbonyl (C=O) groups is 1. The van der Waals surface area contributed by atoms with E-state index in [2.05, 4.69) is 10.1 Å². The van der Waals surface area contributed by atoms with Gasteiger partial charge in [0.25, 0.3) is 0 Å². The van der Waals surface area contributed by atoms with Crippen LogP contribution in [0.3, 0.4) is 0 Å². The van der Waals surface area contributed by atoms with E-state index in [1.54, 1.807) is 24.3 Å². The molecule has 0 aliphatic heterocycles. The Labute approximate surface area is 112 Å². The van der Waals surface area contributed by atoms with E-state index in [1.165, 1.54) is 14.2 Å². The van der Waals surface area contributed by atoms with Gasteiger partial charge in [0.2, 0.25) is 5.91 Å². The Morgan fingerprint density at radius 1 is 1.21 bits per heavy atom. The molecule has 0 fully saturated rings. The molecular weight excluding hydrogens is 270 g/mol. The number of sulfone groups is 1. The minimum Gasteiger partial charge on any atom is -0.497 e. The van der Waals surface area contributed by atoms with Crippen molar-refractivity contribution in [2.24, 2.45) is 0 Å². The van der Waals surface area contributed by atoms with Gasteiger partial charge >= 0.3 is 0 Å². The molecule has 7 heteroatoms. The number of rotatable bonds is 7. The summed E-state index contributed by atoms with van der Waals surface area (Å²) >= 11 is 0. The minimum atomic E-state index is -3.44. The third-order valence-electron chi connectivity index (χ3n) is 2.32. The molecule has 0 unspecified atom stereocenters. The number of methoxy groups -OCH3 is 2. The molecule has 6 nitrogen and oxygen atoms in total. The Balaban J connectivity index is 2.54. The monoisotopic (exact) mass is 287 g/mol. The van der Waals surface area contributed by atoms with E-state index >= 15 is 0 Å². The molecule has 1 aromatic carbocycles. The van der Waals surface area contributed by atoms with Gasteiger partial charge in [0.1, 0.15) is 11.5 Å². The molecule has 1 amide bonds. The number of hydrogen-bond donors (Lipinski definition) is 1. The summed E-state index contributed by atoms with van der Waals surface area (Å²) in [6, 6.07) is 6.63. The van der Waals surface area contributed by atoms with Crippen LogP contribution in [-0.4, -0.2) is 46.7 Å². The zero-order valence-corrected chi connectivity index (χ0v) is 11.7. The summed E-state index contributed by atoms with van der Waals surface area (Å²) in [6.07, 6.45) is 0. The van der Waals surface area contributed by atoms with Gasteiger partial charge in [0.15, 0.2) is 9.84 Å². The quantitative estimate of drug-likeness (QED) is 0.798. The van der Waals surface area contributed by atoms with Crippen molar-refractivity contribution in [3.05, 3.63) is 24.3 Å². The van der Waals surface area contributed by atoms with E-state index in [1.807, 2.05) is 0 Å². The molecule has 0 bridgehead atoms. The predicted molar refractivity (Wildman–Crippen MR) is 72.2 cm³/mol. The van der Waals surface area contributed by atoms with E-state index < -0.39 is 21.5 Å². The van der Waals surface area contributed by atoms with Crippen molar-refractivity contribution in [1.82, 2.24) is 0 Å². The molecule has 0 aromatic heterocycles. The zero-order valence-electron chi connectivity index (χ0n) is 10.9. The second-order valence-corrected chi connectivity index (χ2v) is 6.05. The first-order valence-corrected chi connectivity index (χ1v) is 7.42. The molecule has 19 heavy (non-hydrogen) atoms. The number of hydrogen-bond acceptors (Lipinski definition) is 5. The van der Waals surface area contributed by atoms with Crippen molar-refractivity contribution >= 4 is 21.4 Å². The predicted octanol–water partition coefficient (Wildman–Crippen LogP) is 0.695. The fourth-order valence-electron chi connectivity index (χ4n) is 1.35. The van der Waals surface area contributed by atoms with Gasteiger partial charge in [-0.1, -0.05) is 0 Å². The summed E-state index contributed by atoms with van der Waals surface area (Å²) in [7, 11) is -0.490. The van der Waals surface area contributed by atoms with Gasteiger partial charge < -0.3 is 14.8 Å². The van der Waals surface area contributed by atoms with E-state index in [4.69, 9.17) is 4.74 Å². The number of ether oxygens (including phenoxy) is 2. The van der Waals surface area contributed by atoms with Crippen molar-refractivity contribution in [3.8, 4) is 5.75 Å². The largest absolute Gasteiger partial charge is 0.497 e. The lowest BCUT2D eigenvalue weighted by molar-refractivity contribution is -0.113. The number of nitrogens with one attached hydrogen (secondary N) is 1. The smallest absolute Gasteiger partial charge is 0.239 e. The Morgan fingerprint density at radius 3 is 2.37 bits per heavy atom. The van der Waals surface area contributed by atoms with Crippen LogP contribution in [0, 0.1) is 0 Å². The van der Waals surface area contributed by atoms with Crippen molar-refractivity contribution < 1.29 is 22.7 Å². The molecule has 0 radical (unpaired) electrons. The highest BCUT2D eigenvalue weighted by atomic mass is 32.2. The van der Waals surface area contributed by atoms with Crippen molar-refractivity contribution in [1.29, 1.82) is 0 Å². The summed E-state index contributed by atoms with van der Waals surface area (Å²) in [6.45, 7) is 0.0815. The third kappa shape index (κ3) is 5.71. The van der Waals surface area contributed by atoms with Gasteiger partial charge in [-0.15, -0.1) is 0 Å². The maximum atomic E-state index is 11.6. The summed E-state index contributed by atoms with van der Waals surface area (Å²) in [5.74, 6) is -0.631.